The van der Waals surface area contributed by atoms with Crippen LogP contribution in [0.3, 0.4) is 0 Å². The van der Waals surface area contributed by atoms with E-state index in [2.05, 4.69) is 25.3 Å². The molecule has 16 heavy (non-hydrogen) atoms. The number of hydrogen-bond acceptors (Lipinski definition) is 4. The van der Waals surface area contributed by atoms with Crippen molar-refractivity contribution in [1.82, 2.24) is 4.90 Å². The Bertz CT molecular complexity index is 285. The summed E-state index contributed by atoms with van der Waals surface area (Å²) in [6.45, 7) is 2.31. The Hall–Kier alpha value is -0.360. The van der Waals surface area contributed by atoms with Gasteiger partial charge in [-0.1, -0.05) is 6.92 Å². The minimum absolute atomic E-state index is 0.126. The normalized spacial score (nSPS) is 24.2. The average Bonchev–Trinajstić information content (AvgIpc) is 2.74. The molecule has 1 aliphatic heterocycles. The summed E-state index contributed by atoms with van der Waals surface area (Å²) < 4.78 is 0. The molecule has 0 aromatic carbocycles. The van der Waals surface area contributed by atoms with Crippen LogP contribution < -0.4 is 0 Å². The molecule has 1 heterocycles. The van der Waals surface area contributed by atoms with E-state index in [9.17, 15) is 9.59 Å². The number of carboxylic acids is 1. The van der Waals surface area contributed by atoms with Crippen molar-refractivity contribution in [2.75, 3.05) is 12.3 Å². The van der Waals surface area contributed by atoms with Crippen molar-refractivity contribution >= 4 is 37.1 Å². The third-order valence-corrected chi connectivity index (χ3v) is 4.29. The Morgan fingerprint density at radius 3 is 2.69 bits per heavy atom. The minimum atomic E-state index is -0.917. The smallest absolute Gasteiger partial charge is 0.326 e. The van der Waals surface area contributed by atoms with Crippen LogP contribution in [0.25, 0.3) is 0 Å². The van der Waals surface area contributed by atoms with Crippen molar-refractivity contribution in [2.45, 2.75) is 31.1 Å². The zero-order valence-electron chi connectivity index (χ0n) is 9.17. The molecule has 0 aromatic heterocycles. The van der Waals surface area contributed by atoms with Crippen LogP contribution in [-0.2, 0) is 9.59 Å². The van der Waals surface area contributed by atoms with Crippen molar-refractivity contribution < 1.29 is 14.7 Å². The molecule has 0 spiro atoms. The van der Waals surface area contributed by atoms with Gasteiger partial charge in [0, 0.05) is 23.5 Å². The minimum Gasteiger partial charge on any atom is -0.480 e. The SMILES string of the molecule is CC(C(=O)N1CCC[C@H]1C(=O)O)C(S)CS. The lowest BCUT2D eigenvalue weighted by molar-refractivity contribution is -0.149. The zero-order valence-corrected chi connectivity index (χ0v) is 11.0. The maximum absolute atomic E-state index is 12.0. The van der Waals surface area contributed by atoms with Crippen molar-refractivity contribution in [3.8, 4) is 0 Å². The highest BCUT2D eigenvalue weighted by Gasteiger charge is 2.36. The highest BCUT2D eigenvalue weighted by atomic mass is 32.1. The molecule has 2 unspecified atom stereocenters. The molecule has 1 saturated heterocycles. The molecular weight excluding hydrogens is 246 g/mol. The van der Waals surface area contributed by atoms with Crippen molar-refractivity contribution in [3.63, 3.8) is 0 Å². The molecule has 1 rings (SSSR count). The molecular formula is C10H17NO3S2. The maximum atomic E-state index is 12.0. The Kier molecular flexibility index (Phi) is 4.98. The fourth-order valence-corrected chi connectivity index (χ4v) is 2.32. The molecule has 4 nitrogen and oxygen atoms in total. The number of carboxylic acid groups (broad SMARTS) is 1. The van der Waals surface area contributed by atoms with Crippen molar-refractivity contribution in [1.29, 1.82) is 0 Å². The van der Waals surface area contributed by atoms with Gasteiger partial charge >= 0.3 is 5.97 Å². The number of amides is 1. The number of aliphatic carboxylic acids is 1. The summed E-state index contributed by atoms with van der Waals surface area (Å²) in [5.74, 6) is -0.832. The van der Waals surface area contributed by atoms with Gasteiger partial charge in [0.2, 0.25) is 5.91 Å². The van der Waals surface area contributed by atoms with Crippen molar-refractivity contribution in [3.05, 3.63) is 0 Å². The highest BCUT2D eigenvalue weighted by molar-refractivity contribution is 7.84. The van der Waals surface area contributed by atoms with Gasteiger partial charge in [-0.2, -0.15) is 25.3 Å². The molecule has 3 atom stereocenters. The summed E-state index contributed by atoms with van der Waals surface area (Å²) in [7, 11) is 0. The molecule has 0 bridgehead atoms. The van der Waals surface area contributed by atoms with E-state index in [0.717, 1.165) is 6.42 Å². The fraction of sp³-hybridized carbons (Fsp3) is 0.800. The molecule has 0 aromatic rings. The lowest BCUT2D eigenvalue weighted by Gasteiger charge is -2.26. The number of carbonyl (C=O) groups excluding carboxylic acids is 1. The monoisotopic (exact) mass is 263 g/mol. The standard InChI is InChI=1S/C10H17NO3S2/c1-6(8(16)5-15)9(12)11-4-2-3-7(11)10(13)14/h6-8,15-16H,2-5H2,1H3,(H,13,14)/t6?,7-,8?/m0/s1. The molecule has 1 fully saturated rings. The summed E-state index contributed by atoms with van der Waals surface area (Å²) in [5, 5.41) is 8.85. The van der Waals surface area contributed by atoms with Crippen LogP contribution in [0.5, 0.6) is 0 Å². The van der Waals surface area contributed by atoms with Crippen LogP contribution in [0.15, 0.2) is 0 Å². The molecule has 0 saturated carbocycles. The molecule has 1 N–H and O–H groups in total. The number of carbonyl (C=O) groups is 2. The van der Waals surface area contributed by atoms with Gasteiger partial charge in [-0.15, -0.1) is 0 Å². The molecule has 6 heteroatoms. The fourth-order valence-electron chi connectivity index (χ4n) is 1.87. The van der Waals surface area contributed by atoms with E-state index in [4.69, 9.17) is 5.11 Å². The first-order valence-corrected chi connectivity index (χ1v) is 6.46. The summed E-state index contributed by atoms with van der Waals surface area (Å²) in [6.07, 6.45) is 1.31. The van der Waals surface area contributed by atoms with E-state index in [1.807, 2.05) is 0 Å². The number of thiol groups is 2. The van der Waals surface area contributed by atoms with Crippen LogP contribution in [0.1, 0.15) is 19.8 Å². The summed E-state index contributed by atoms with van der Waals surface area (Å²) in [5.41, 5.74) is 0. The highest BCUT2D eigenvalue weighted by Crippen LogP contribution is 2.23. The van der Waals surface area contributed by atoms with Crippen LogP contribution in [0.4, 0.5) is 0 Å². The summed E-state index contributed by atoms with van der Waals surface area (Å²) in [6, 6.07) is -0.657. The van der Waals surface area contributed by atoms with Gasteiger partial charge in [0.05, 0.1) is 0 Å². The second-order valence-electron chi connectivity index (χ2n) is 4.07. The number of rotatable bonds is 4. The molecule has 1 amide bonds. The van der Waals surface area contributed by atoms with Gasteiger partial charge in [-0.25, -0.2) is 4.79 Å². The van der Waals surface area contributed by atoms with Crippen LogP contribution >= 0.6 is 25.3 Å². The van der Waals surface area contributed by atoms with Gasteiger partial charge in [0.1, 0.15) is 6.04 Å². The first kappa shape index (κ1) is 13.7. The first-order chi connectivity index (χ1) is 7.49. The molecule has 0 aliphatic carbocycles. The van der Waals surface area contributed by atoms with Gasteiger partial charge in [0.25, 0.3) is 0 Å². The quantitative estimate of drug-likeness (QED) is 0.661. The predicted octanol–water partition coefficient (Wildman–Crippen LogP) is 0.926. The largest absolute Gasteiger partial charge is 0.480 e. The predicted molar refractivity (Wildman–Crippen MR) is 68.2 cm³/mol. The zero-order chi connectivity index (χ0) is 12.3. The van der Waals surface area contributed by atoms with Crippen LogP contribution in [-0.4, -0.2) is 45.5 Å². The third-order valence-electron chi connectivity index (χ3n) is 2.97. The molecule has 92 valence electrons. The van der Waals surface area contributed by atoms with Gasteiger partial charge < -0.3 is 10.0 Å². The number of likely N-dealkylation sites (tertiary alicyclic amines) is 1. The van der Waals surface area contributed by atoms with E-state index < -0.39 is 12.0 Å². The van der Waals surface area contributed by atoms with E-state index in [0.29, 0.717) is 18.7 Å². The molecule has 1 aliphatic rings. The number of hydrogen-bond donors (Lipinski definition) is 3. The van der Waals surface area contributed by atoms with Crippen molar-refractivity contribution in [2.24, 2.45) is 5.92 Å². The van der Waals surface area contributed by atoms with E-state index in [1.165, 1.54) is 4.90 Å². The first-order valence-electron chi connectivity index (χ1n) is 5.31. The average molecular weight is 263 g/mol. The Labute approximate surface area is 106 Å². The second-order valence-corrected chi connectivity index (χ2v) is 5.09. The summed E-state index contributed by atoms with van der Waals surface area (Å²) >= 11 is 8.36. The van der Waals surface area contributed by atoms with Crippen LogP contribution in [0.2, 0.25) is 0 Å². The van der Waals surface area contributed by atoms with E-state index in [1.54, 1.807) is 6.92 Å². The van der Waals surface area contributed by atoms with Gasteiger partial charge in [-0.05, 0) is 12.8 Å². The maximum Gasteiger partial charge on any atom is 0.326 e. The second kappa shape index (κ2) is 5.82. The Balaban J connectivity index is 2.69. The van der Waals surface area contributed by atoms with E-state index >= 15 is 0 Å². The third kappa shape index (κ3) is 2.85. The van der Waals surface area contributed by atoms with Gasteiger partial charge in [0.15, 0.2) is 0 Å². The number of nitrogens with zero attached hydrogens (tertiary/aromatic N) is 1. The lowest BCUT2D eigenvalue weighted by atomic mass is 10.1. The Morgan fingerprint density at radius 2 is 2.19 bits per heavy atom. The van der Waals surface area contributed by atoms with Crippen LogP contribution in [0, 0.1) is 5.92 Å². The van der Waals surface area contributed by atoms with E-state index in [-0.39, 0.29) is 17.1 Å². The topological polar surface area (TPSA) is 57.6 Å². The molecule has 0 radical (unpaired) electrons. The summed E-state index contributed by atoms with van der Waals surface area (Å²) in [4.78, 5) is 24.4. The van der Waals surface area contributed by atoms with Gasteiger partial charge in [-0.3, -0.25) is 4.79 Å². The Morgan fingerprint density at radius 1 is 1.56 bits per heavy atom. The lowest BCUT2D eigenvalue weighted by Crippen LogP contribution is -2.45.